The van der Waals surface area contributed by atoms with E-state index in [4.69, 9.17) is 9.32 Å². The van der Waals surface area contributed by atoms with Gasteiger partial charge >= 0.3 is 10.3 Å². The van der Waals surface area contributed by atoms with Crippen LogP contribution in [0.5, 0.6) is 5.75 Å². The molecule has 2 aromatic rings. The molecule has 3 heterocycles. The molecule has 1 aromatic heterocycles. The van der Waals surface area contributed by atoms with E-state index in [-0.39, 0.29) is 5.75 Å². The van der Waals surface area contributed by atoms with E-state index in [9.17, 15) is 8.42 Å². The molecule has 26 heavy (non-hydrogen) atoms. The van der Waals surface area contributed by atoms with Crippen molar-refractivity contribution in [2.24, 2.45) is 5.14 Å². The highest BCUT2D eigenvalue weighted by atomic mass is 32.2. The number of piperidine rings is 1. The Kier molecular flexibility index (Phi) is 4.92. The van der Waals surface area contributed by atoms with Crippen molar-refractivity contribution in [2.75, 3.05) is 26.2 Å². The Balaban J connectivity index is 1.73. The zero-order valence-electron chi connectivity index (χ0n) is 14.9. The highest BCUT2D eigenvalue weighted by Crippen LogP contribution is 2.32. The molecule has 0 saturated carbocycles. The molecule has 0 radical (unpaired) electrons. The number of likely N-dealkylation sites (tertiary alicyclic amines) is 1. The number of hydrogen-bond donors (Lipinski definition) is 2. The monoisotopic (exact) mass is 378 g/mol. The van der Waals surface area contributed by atoms with Crippen LogP contribution in [0.2, 0.25) is 0 Å². The maximum absolute atomic E-state index is 11.3. The number of nitrogens with one attached hydrogen (secondary N) is 1. The molecule has 1 aromatic carbocycles. The molecule has 3 N–H and O–H groups in total. The molecule has 142 valence electrons. The second-order valence-electron chi connectivity index (χ2n) is 7.28. The number of fused-ring (bicyclic) bond motifs is 1. The number of nitrogens with zero attached hydrogens (tertiary/aromatic N) is 2. The minimum atomic E-state index is -4.02. The van der Waals surface area contributed by atoms with E-state index in [0.29, 0.717) is 6.04 Å². The summed E-state index contributed by atoms with van der Waals surface area (Å²) < 4.78 is 29.8. The van der Waals surface area contributed by atoms with Crippen molar-refractivity contribution in [3.05, 3.63) is 30.0 Å². The van der Waals surface area contributed by atoms with E-state index in [1.807, 2.05) is 12.1 Å². The normalized spacial score (nSPS) is 20.0. The molecule has 2 aliphatic rings. The lowest BCUT2D eigenvalue weighted by atomic mass is 10.1. The third-order valence-corrected chi connectivity index (χ3v) is 5.82. The number of benzene rings is 1. The lowest BCUT2D eigenvalue weighted by molar-refractivity contribution is 0.330. The van der Waals surface area contributed by atoms with Gasteiger partial charge in [-0.15, -0.1) is 0 Å². The van der Waals surface area contributed by atoms with Gasteiger partial charge in [-0.3, -0.25) is 4.90 Å². The van der Waals surface area contributed by atoms with Gasteiger partial charge in [0.2, 0.25) is 0 Å². The summed E-state index contributed by atoms with van der Waals surface area (Å²) >= 11 is 0. The van der Waals surface area contributed by atoms with Gasteiger partial charge in [0.25, 0.3) is 0 Å². The minimum Gasteiger partial charge on any atom is -0.371 e. The predicted octanol–water partition coefficient (Wildman–Crippen LogP) is 1.74. The zero-order chi connectivity index (χ0) is 18.1. The summed E-state index contributed by atoms with van der Waals surface area (Å²) in [4.78, 5) is 2.45. The first-order valence-corrected chi connectivity index (χ1v) is 10.8. The minimum absolute atomic E-state index is 0.269. The van der Waals surface area contributed by atoms with Crippen LogP contribution in [-0.2, 0) is 16.8 Å². The summed E-state index contributed by atoms with van der Waals surface area (Å²) in [7, 11) is -4.02. The molecule has 2 aliphatic heterocycles. The highest BCUT2D eigenvalue weighted by molar-refractivity contribution is 7.84. The first-order chi connectivity index (χ1) is 12.5. The van der Waals surface area contributed by atoms with Crippen molar-refractivity contribution >= 4 is 21.2 Å². The van der Waals surface area contributed by atoms with Crippen LogP contribution < -0.4 is 14.6 Å². The van der Waals surface area contributed by atoms with Gasteiger partial charge in [-0.05, 0) is 75.6 Å². The van der Waals surface area contributed by atoms with Crippen LogP contribution in [0.1, 0.15) is 37.3 Å². The fourth-order valence-electron chi connectivity index (χ4n) is 4.19. The largest absolute Gasteiger partial charge is 0.380 e. The fraction of sp³-hybridized carbons (Fsp3) is 0.556. The maximum Gasteiger partial charge on any atom is 0.380 e. The Morgan fingerprint density at radius 3 is 2.62 bits per heavy atom. The van der Waals surface area contributed by atoms with Crippen LogP contribution in [0.4, 0.5) is 0 Å². The molecule has 0 spiro atoms. The molecule has 0 atom stereocenters. The maximum atomic E-state index is 11.3. The lowest BCUT2D eigenvalue weighted by Crippen LogP contribution is -2.29. The molecule has 0 amide bonds. The summed E-state index contributed by atoms with van der Waals surface area (Å²) in [6.07, 6.45) is 6.93. The van der Waals surface area contributed by atoms with Crippen molar-refractivity contribution in [3.63, 3.8) is 0 Å². The first kappa shape index (κ1) is 17.8. The second kappa shape index (κ2) is 7.19. The number of hydrogen-bond acceptors (Lipinski definition) is 5. The van der Waals surface area contributed by atoms with Gasteiger partial charge in [0.1, 0.15) is 5.75 Å². The number of aromatic nitrogens is 1. The van der Waals surface area contributed by atoms with Crippen molar-refractivity contribution < 1.29 is 12.6 Å². The summed E-state index contributed by atoms with van der Waals surface area (Å²) in [5, 5.41) is 9.50. The highest BCUT2D eigenvalue weighted by Gasteiger charge is 2.21. The van der Waals surface area contributed by atoms with E-state index in [1.165, 1.54) is 18.4 Å². The van der Waals surface area contributed by atoms with Gasteiger partial charge < -0.3 is 14.1 Å². The average Bonchev–Trinajstić information content (AvgIpc) is 3.23. The van der Waals surface area contributed by atoms with Crippen molar-refractivity contribution in [1.29, 1.82) is 0 Å². The van der Waals surface area contributed by atoms with Crippen molar-refractivity contribution in [3.8, 4) is 5.75 Å². The second-order valence-corrected chi connectivity index (χ2v) is 8.43. The Morgan fingerprint density at radius 1 is 1.19 bits per heavy atom. The van der Waals surface area contributed by atoms with Gasteiger partial charge in [-0.25, -0.2) is 0 Å². The summed E-state index contributed by atoms with van der Waals surface area (Å²) in [5.41, 5.74) is 2.35. The van der Waals surface area contributed by atoms with Crippen LogP contribution in [-0.4, -0.2) is 44.1 Å². The van der Waals surface area contributed by atoms with E-state index in [2.05, 4.69) is 21.0 Å². The van der Waals surface area contributed by atoms with Gasteiger partial charge in [0, 0.05) is 29.7 Å². The third kappa shape index (κ3) is 3.88. The summed E-state index contributed by atoms with van der Waals surface area (Å²) in [6.45, 7) is 5.17. The SMILES string of the molecule is NS(=O)(=O)Oc1ccc2c(c1)c(CN1CCCC1)cn2C1CCNCC1. The molecule has 4 rings (SSSR count). The van der Waals surface area contributed by atoms with Gasteiger partial charge in [-0.2, -0.15) is 13.6 Å². The Hall–Kier alpha value is -1.61. The topological polar surface area (TPSA) is 89.6 Å². The van der Waals surface area contributed by atoms with Crippen LogP contribution in [0, 0.1) is 0 Å². The molecular formula is C18H26N4O3S. The van der Waals surface area contributed by atoms with Gasteiger partial charge in [-0.1, -0.05) is 0 Å². The zero-order valence-corrected chi connectivity index (χ0v) is 15.7. The molecular weight excluding hydrogens is 352 g/mol. The molecule has 8 heteroatoms. The Labute approximate surface area is 154 Å². The molecule has 0 aliphatic carbocycles. The van der Waals surface area contributed by atoms with Crippen molar-refractivity contribution in [2.45, 2.75) is 38.3 Å². The van der Waals surface area contributed by atoms with E-state index in [1.54, 1.807) is 6.07 Å². The average molecular weight is 378 g/mol. The molecule has 7 nitrogen and oxygen atoms in total. The Morgan fingerprint density at radius 2 is 1.92 bits per heavy atom. The van der Waals surface area contributed by atoms with Crippen LogP contribution in [0.15, 0.2) is 24.4 Å². The van der Waals surface area contributed by atoms with Crippen LogP contribution in [0.3, 0.4) is 0 Å². The van der Waals surface area contributed by atoms with Crippen LogP contribution in [0.25, 0.3) is 10.9 Å². The van der Waals surface area contributed by atoms with E-state index in [0.717, 1.165) is 56.5 Å². The predicted molar refractivity (Wildman–Crippen MR) is 101 cm³/mol. The Bertz CT molecular complexity index is 881. The van der Waals surface area contributed by atoms with Crippen LogP contribution >= 0.6 is 0 Å². The van der Waals surface area contributed by atoms with Gasteiger partial charge in [0.05, 0.1) is 0 Å². The standard InChI is InChI=1S/C18H26N4O3S/c19-26(23,24)25-16-3-4-18-17(11-16)14(12-21-9-1-2-10-21)13-22(18)15-5-7-20-8-6-15/h3-4,11,13,15,20H,1-2,5-10,12H2,(H2,19,23,24). The lowest BCUT2D eigenvalue weighted by Gasteiger charge is -2.25. The quantitative estimate of drug-likeness (QED) is 0.827. The van der Waals surface area contributed by atoms with Gasteiger partial charge in [0.15, 0.2) is 0 Å². The van der Waals surface area contributed by atoms with E-state index >= 15 is 0 Å². The smallest absolute Gasteiger partial charge is 0.371 e. The fourth-order valence-corrected chi connectivity index (χ4v) is 4.56. The summed E-state index contributed by atoms with van der Waals surface area (Å²) in [5.74, 6) is 0.269. The molecule has 2 fully saturated rings. The third-order valence-electron chi connectivity index (χ3n) is 5.39. The molecule has 0 bridgehead atoms. The van der Waals surface area contributed by atoms with E-state index < -0.39 is 10.3 Å². The molecule has 0 unspecified atom stereocenters. The summed E-state index contributed by atoms with van der Waals surface area (Å²) in [6, 6.07) is 5.91. The number of rotatable bonds is 5. The molecule has 2 saturated heterocycles. The first-order valence-electron chi connectivity index (χ1n) is 9.28. The van der Waals surface area contributed by atoms with Crippen molar-refractivity contribution in [1.82, 2.24) is 14.8 Å². The number of nitrogens with two attached hydrogens (primary N) is 1.